The SMILES string of the molecule is O=Cc1ccsc1-c1ccc(Cl)c(Cl)c1. The van der Waals surface area contributed by atoms with E-state index < -0.39 is 0 Å². The van der Waals surface area contributed by atoms with Crippen LogP contribution in [0, 0.1) is 0 Å². The zero-order valence-electron chi connectivity index (χ0n) is 7.54. The van der Waals surface area contributed by atoms with Gasteiger partial charge in [0, 0.05) is 10.4 Å². The van der Waals surface area contributed by atoms with Gasteiger partial charge in [-0.25, -0.2) is 0 Å². The molecule has 0 saturated carbocycles. The standard InChI is InChI=1S/C11H6Cl2OS/c12-9-2-1-7(5-10(9)13)11-8(6-14)3-4-15-11/h1-6H. The van der Waals surface area contributed by atoms with E-state index in [1.165, 1.54) is 11.3 Å². The molecule has 76 valence electrons. The number of benzene rings is 1. The summed E-state index contributed by atoms with van der Waals surface area (Å²) in [7, 11) is 0. The van der Waals surface area contributed by atoms with Crippen molar-refractivity contribution in [3.63, 3.8) is 0 Å². The third kappa shape index (κ3) is 2.07. The minimum atomic E-state index is 0.499. The van der Waals surface area contributed by atoms with Gasteiger partial charge in [-0.1, -0.05) is 29.3 Å². The third-order valence-electron chi connectivity index (χ3n) is 2.00. The van der Waals surface area contributed by atoms with Crippen LogP contribution in [0.5, 0.6) is 0 Å². The predicted molar refractivity (Wildman–Crippen MR) is 65.2 cm³/mol. The Kier molecular flexibility index (Phi) is 3.10. The fourth-order valence-corrected chi connectivity index (χ4v) is 2.45. The molecular formula is C11H6Cl2OS. The smallest absolute Gasteiger partial charge is 0.151 e. The van der Waals surface area contributed by atoms with E-state index in [2.05, 4.69) is 0 Å². The highest BCUT2D eigenvalue weighted by atomic mass is 35.5. The van der Waals surface area contributed by atoms with E-state index in [4.69, 9.17) is 23.2 Å². The van der Waals surface area contributed by atoms with Crippen LogP contribution >= 0.6 is 34.5 Å². The molecule has 0 saturated heterocycles. The maximum absolute atomic E-state index is 10.8. The van der Waals surface area contributed by atoms with E-state index in [-0.39, 0.29) is 0 Å². The Labute approximate surface area is 101 Å². The highest BCUT2D eigenvalue weighted by Crippen LogP contribution is 2.33. The summed E-state index contributed by atoms with van der Waals surface area (Å²) in [5, 5.41) is 2.89. The number of rotatable bonds is 2. The summed E-state index contributed by atoms with van der Waals surface area (Å²) in [6, 6.07) is 7.14. The second-order valence-electron chi connectivity index (χ2n) is 2.95. The van der Waals surface area contributed by atoms with E-state index in [1.54, 1.807) is 18.2 Å². The van der Waals surface area contributed by atoms with E-state index in [1.807, 2.05) is 11.4 Å². The van der Waals surface area contributed by atoms with Crippen molar-refractivity contribution >= 4 is 40.8 Å². The fraction of sp³-hybridized carbons (Fsp3) is 0. The molecule has 1 aromatic heterocycles. The van der Waals surface area contributed by atoms with Gasteiger partial charge in [-0.15, -0.1) is 11.3 Å². The molecular weight excluding hydrogens is 251 g/mol. The molecule has 0 radical (unpaired) electrons. The van der Waals surface area contributed by atoms with Crippen LogP contribution in [0.15, 0.2) is 29.6 Å². The van der Waals surface area contributed by atoms with Gasteiger partial charge in [0.1, 0.15) is 0 Å². The lowest BCUT2D eigenvalue weighted by Crippen LogP contribution is -1.80. The van der Waals surface area contributed by atoms with E-state index >= 15 is 0 Å². The first-order valence-corrected chi connectivity index (χ1v) is 5.84. The molecule has 1 aromatic carbocycles. The van der Waals surface area contributed by atoms with Gasteiger partial charge in [-0.3, -0.25) is 4.79 Å². The predicted octanol–water partition coefficient (Wildman–Crippen LogP) is 4.53. The number of halogens is 2. The first-order chi connectivity index (χ1) is 7.22. The van der Waals surface area contributed by atoms with E-state index in [9.17, 15) is 4.79 Å². The van der Waals surface area contributed by atoms with Gasteiger partial charge in [-0.05, 0) is 29.1 Å². The summed E-state index contributed by atoms with van der Waals surface area (Å²) in [4.78, 5) is 11.7. The van der Waals surface area contributed by atoms with Gasteiger partial charge < -0.3 is 0 Å². The lowest BCUT2D eigenvalue weighted by atomic mass is 10.1. The summed E-state index contributed by atoms with van der Waals surface area (Å²) in [5.41, 5.74) is 1.60. The minimum absolute atomic E-state index is 0.499. The lowest BCUT2D eigenvalue weighted by Gasteiger charge is -2.01. The van der Waals surface area contributed by atoms with Crippen LogP contribution in [0.2, 0.25) is 10.0 Å². The maximum Gasteiger partial charge on any atom is 0.151 e. The summed E-state index contributed by atoms with van der Waals surface area (Å²) < 4.78 is 0. The number of hydrogen-bond donors (Lipinski definition) is 0. The molecule has 0 bridgehead atoms. The van der Waals surface area contributed by atoms with Crippen LogP contribution < -0.4 is 0 Å². The first kappa shape index (κ1) is 10.7. The second-order valence-corrected chi connectivity index (χ2v) is 4.68. The van der Waals surface area contributed by atoms with Crippen molar-refractivity contribution in [1.29, 1.82) is 0 Å². The van der Waals surface area contributed by atoms with Crippen LogP contribution in [0.4, 0.5) is 0 Å². The quantitative estimate of drug-likeness (QED) is 0.722. The average molecular weight is 257 g/mol. The zero-order chi connectivity index (χ0) is 10.8. The number of carbonyl (C=O) groups excluding carboxylic acids is 1. The molecule has 0 amide bonds. The minimum Gasteiger partial charge on any atom is -0.298 e. The Morgan fingerprint density at radius 1 is 1.13 bits per heavy atom. The van der Waals surface area contributed by atoms with Crippen LogP contribution in [0.25, 0.3) is 10.4 Å². The molecule has 0 N–H and O–H groups in total. The molecule has 0 aliphatic heterocycles. The first-order valence-electron chi connectivity index (χ1n) is 4.20. The fourth-order valence-electron chi connectivity index (χ4n) is 1.28. The molecule has 1 heterocycles. The Morgan fingerprint density at radius 2 is 1.93 bits per heavy atom. The van der Waals surface area contributed by atoms with Crippen LogP contribution in [-0.2, 0) is 0 Å². The van der Waals surface area contributed by atoms with E-state index in [0.29, 0.717) is 15.6 Å². The van der Waals surface area contributed by atoms with Gasteiger partial charge in [0.05, 0.1) is 10.0 Å². The molecule has 0 fully saturated rings. The highest BCUT2D eigenvalue weighted by molar-refractivity contribution is 7.14. The van der Waals surface area contributed by atoms with Gasteiger partial charge in [0.25, 0.3) is 0 Å². The molecule has 0 spiro atoms. The molecule has 0 unspecified atom stereocenters. The molecule has 0 atom stereocenters. The van der Waals surface area contributed by atoms with Crippen molar-refractivity contribution in [3.05, 3.63) is 45.3 Å². The Hall–Kier alpha value is -0.830. The normalized spacial score (nSPS) is 10.3. The second kappa shape index (κ2) is 4.35. The van der Waals surface area contributed by atoms with Gasteiger partial charge in [0.15, 0.2) is 6.29 Å². The largest absolute Gasteiger partial charge is 0.298 e. The molecule has 2 aromatic rings. The van der Waals surface area contributed by atoms with Crippen molar-refractivity contribution in [3.8, 4) is 10.4 Å². The Morgan fingerprint density at radius 3 is 2.60 bits per heavy atom. The third-order valence-corrected chi connectivity index (χ3v) is 3.72. The van der Waals surface area contributed by atoms with Gasteiger partial charge >= 0.3 is 0 Å². The number of aldehydes is 1. The molecule has 0 aliphatic rings. The van der Waals surface area contributed by atoms with Crippen LogP contribution in [0.1, 0.15) is 10.4 Å². The van der Waals surface area contributed by atoms with Crippen molar-refractivity contribution in [2.24, 2.45) is 0 Å². The molecule has 15 heavy (non-hydrogen) atoms. The number of hydrogen-bond acceptors (Lipinski definition) is 2. The molecule has 2 rings (SSSR count). The van der Waals surface area contributed by atoms with Crippen molar-refractivity contribution in [2.75, 3.05) is 0 Å². The zero-order valence-corrected chi connectivity index (χ0v) is 9.86. The maximum atomic E-state index is 10.8. The van der Waals surface area contributed by atoms with Crippen molar-refractivity contribution < 1.29 is 4.79 Å². The monoisotopic (exact) mass is 256 g/mol. The lowest BCUT2D eigenvalue weighted by molar-refractivity contribution is 0.112. The summed E-state index contributed by atoms with van der Waals surface area (Å²) in [6.07, 6.45) is 0.842. The van der Waals surface area contributed by atoms with Crippen molar-refractivity contribution in [2.45, 2.75) is 0 Å². The Bertz CT molecular complexity index is 505. The molecule has 1 nitrogen and oxygen atoms in total. The Balaban J connectivity index is 2.54. The number of thiophene rings is 1. The van der Waals surface area contributed by atoms with Crippen LogP contribution in [0.3, 0.4) is 0 Å². The number of carbonyl (C=O) groups is 1. The van der Waals surface area contributed by atoms with E-state index in [0.717, 1.165) is 16.7 Å². The van der Waals surface area contributed by atoms with Gasteiger partial charge in [0.2, 0.25) is 0 Å². The molecule has 0 aliphatic carbocycles. The van der Waals surface area contributed by atoms with Crippen molar-refractivity contribution in [1.82, 2.24) is 0 Å². The summed E-state index contributed by atoms with van der Waals surface area (Å²) in [5.74, 6) is 0. The average Bonchev–Trinajstić information content (AvgIpc) is 2.70. The highest BCUT2D eigenvalue weighted by Gasteiger charge is 2.07. The summed E-state index contributed by atoms with van der Waals surface area (Å²) >= 11 is 13.2. The van der Waals surface area contributed by atoms with Gasteiger partial charge in [-0.2, -0.15) is 0 Å². The van der Waals surface area contributed by atoms with Crippen LogP contribution in [-0.4, -0.2) is 6.29 Å². The molecule has 4 heteroatoms. The summed E-state index contributed by atoms with van der Waals surface area (Å²) in [6.45, 7) is 0. The topological polar surface area (TPSA) is 17.1 Å².